The van der Waals surface area contributed by atoms with Crippen molar-refractivity contribution < 1.29 is 43.5 Å². The molecule has 2 fully saturated rings. The Kier molecular flexibility index (Phi) is 9.02. The molecule has 4 rings (SSSR count). The third-order valence-electron chi connectivity index (χ3n) is 7.42. The molecule has 42 heavy (non-hydrogen) atoms. The number of carbonyl (C=O) groups excluding carboxylic acids is 3. The lowest BCUT2D eigenvalue weighted by molar-refractivity contribution is -0.161. The molecule has 1 saturated carbocycles. The van der Waals surface area contributed by atoms with E-state index in [1.807, 2.05) is 6.07 Å². The average Bonchev–Trinajstić information content (AvgIpc) is 3.47. The van der Waals surface area contributed by atoms with E-state index in [2.05, 4.69) is 15.4 Å². The van der Waals surface area contributed by atoms with E-state index < -0.39 is 66.3 Å². The molecule has 1 aliphatic carbocycles. The lowest BCUT2D eigenvalue weighted by Gasteiger charge is -2.32. The number of nitrogens with two attached hydrogens (primary N) is 1. The molecular formula is C27H36N6O9. The van der Waals surface area contributed by atoms with Crippen LogP contribution in [0.2, 0.25) is 0 Å². The number of hydrogen-bond donors (Lipinski definition) is 4. The van der Waals surface area contributed by atoms with Gasteiger partial charge in [0.05, 0.1) is 17.5 Å². The molecule has 2 aromatic rings. The monoisotopic (exact) mass is 588 g/mol. The number of esters is 2. The van der Waals surface area contributed by atoms with Crippen molar-refractivity contribution in [2.24, 2.45) is 11.1 Å². The van der Waals surface area contributed by atoms with E-state index in [9.17, 15) is 29.9 Å². The minimum Gasteiger partial charge on any atom is -0.463 e. The summed E-state index contributed by atoms with van der Waals surface area (Å²) in [5.41, 5.74) is 3.05. The topological polar surface area (TPSA) is 221 Å². The van der Waals surface area contributed by atoms with E-state index in [4.69, 9.17) is 24.7 Å². The molecule has 15 heteroatoms. The smallest absolute Gasteiger partial charge is 0.415 e. The van der Waals surface area contributed by atoms with Crippen LogP contribution in [-0.4, -0.2) is 80.1 Å². The van der Waals surface area contributed by atoms with Crippen molar-refractivity contribution in [3.05, 3.63) is 24.2 Å². The third kappa shape index (κ3) is 6.46. The first-order valence-electron chi connectivity index (χ1n) is 13.6. The van der Waals surface area contributed by atoms with Gasteiger partial charge in [0, 0.05) is 5.54 Å². The molecule has 0 spiro atoms. The summed E-state index contributed by atoms with van der Waals surface area (Å²) in [7, 11) is 0. The Balaban J connectivity index is 1.44. The molecule has 0 bridgehead atoms. The second-order valence-corrected chi connectivity index (χ2v) is 11.7. The number of nitrogens with one attached hydrogen (secondary N) is 1. The lowest BCUT2D eigenvalue weighted by atomic mass is 9.80. The van der Waals surface area contributed by atoms with Gasteiger partial charge in [-0.25, -0.2) is 14.3 Å². The SMILES string of the molecule is CC(C)(C)C(=O)OCOC(=O)Nc1ncnn2c([C@]3(C#N)O[C@H](COC(=O)CC4(N)CCCCC4)[C@@H](O)[C@H]3O)ccc12. The second kappa shape index (κ2) is 12.2. The van der Waals surface area contributed by atoms with Gasteiger partial charge < -0.3 is 34.9 Å². The van der Waals surface area contributed by atoms with Gasteiger partial charge in [0.25, 0.3) is 0 Å². The molecule has 15 nitrogen and oxygen atoms in total. The predicted octanol–water partition coefficient (Wildman–Crippen LogP) is 1.26. The zero-order valence-corrected chi connectivity index (χ0v) is 23.7. The summed E-state index contributed by atoms with van der Waals surface area (Å²) in [6, 6.07) is 4.80. The lowest BCUT2D eigenvalue weighted by Crippen LogP contribution is -2.44. The molecule has 0 unspecified atom stereocenters. The molecule has 3 heterocycles. The van der Waals surface area contributed by atoms with Crippen molar-refractivity contribution in [1.29, 1.82) is 5.26 Å². The summed E-state index contributed by atoms with van der Waals surface area (Å²) in [5.74, 6) is -1.14. The number of aliphatic hydroxyl groups excluding tert-OH is 2. The first-order valence-corrected chi connectivity index (χ1v) is 13.6. The first-order chi connectivity index (χ1) is 19.8. The van der Waals surface area contributed by atoms with Gasteiger partial charge in [-0.2, -0.15) is 10.4 Å². The zero-order valence-electron chi connectivity index (χ0n) is 23.7. The van der Waals surface area contributed by atoms with Crippen LogP contribution in [-0.2, 0) is 34.1 Å². The molecule has 0 radical (unpaired) electrons. The van der Waals surface area contributed by atoms with Crippen molar-refractivity contribution in [2.45, 2.75) is 88.7 Å². The molecule has 228 valence electrons. The number of hydrogen-bond acceptors (Lipinski definition) is 13. The van der Waals surface area contributed by atoms with E-state index >= 15 is 0 Å². The number of ether oxygens (including phenoxy) is 4. The van der Waals surface area contributed by atoms with Crippen LogP contribution in [0.3, 0.4) is 0 Å². The number of aromatic nitrogens is 3. The number of aliphatic hydroxyl groups is 2. The van der Waals surface area contributed by atoms with Crippen LogP contribution >= 0.6 is 0 Å². The van der Waals surface area contributed by atoms with Crippen LogP contribution in [0.1, 0.15) is 65.0 Å². The fourth-order valence-electron chi connectivity index (χ4n) is 5.06. The van der Waals surface area contributed by atoms with Crippen LogP contribution in [0.5, 0.6) is 0 Å². The maximum Gasteiger partial charge on any atom is 0.415 e. The Labute approximate surface area is 241 Å². The van der Waals surface area contributed by atoms with Crippen LogP contribution in [0, 0.1) is 16.7 Å². The molecule has 1 aliphatic heterocycles. The number of rotatable bonds is 8. The van der Waals surface area contributed by atoms with Gasteiger partial charge >= 0.3 is 18.0 Å². The van der Waals surface area contributed by atoms with Crippen molar-refractivity contribution >= 4 is 29.4 Å². The van der Waals surface area contributed by atoms with E-state index in [1.165, 1.54) is 16.6 Å². The van der Waals surface area contributed by atoms with Crippen molar-refractivity contribution in [1.82, 2.24) is 14.6 Å². The highest BCUT2D eigenvalue weighted by Crippen LogP contribution is 2.40. The van der Waals surface area contributed by atoms with Gasteiger partial charge in [-0.05, 0) is 45.7 Å². The van der Waals surface area contributed by atoms with Gasteiger partial charge in [0.2, 0.25) is 12.4 Å². The molecule has 1 saturated heterocycles. The highest BCUT2D eigenvalue weighted by Gasteiger charge is 2.58. The quantitative estimate of drug-likeness (QED) is 0.252. The Morgan fingerprint density at radius 2 is 1.90 bits per heavy atom. The average molecular weight is 589 g/mol. The largest absolute Gasteiger partial charge is 0.463 e. The normalized spacial score (nSPS) is 25.4. The Morgan fingerprint density at radius 3 is 2.57 bits per heavy atom. The number of nitrogens with zero attached hydrogens (tertiary/aromatic N) is 4. The third-order valence-corrected chi connectivity index (χ3v) is 7.42. The standard InChI is InChI=1S/C27H36N6O9/c1-25(2,3)23(37)40-15-41-24(38)32-22-16-7-8-18(33(16)31-14-30-22)27(13-28)21(36)20(35)17(42-27)12-39-19(34)11-26(29)9-5-4-6-10-26/h7-8,14,17,20-21,35-36H,4-6,9-12,15,29H2,1-3H3,(H,30,31,32,38)/t17-,20-,21-,27+/m1/s1. The van der Waals surface area contributed by atoms with E-state index in [-0.39, 0.29) is 23.4 Å². The molecule has 4 atom stereocenters. The Bertz CT molecular complexity index is 1360. The highest BCUT2D eigenvalue weighted by molar-refractivity contribution is 5.88. The molecular weight excluding hydrogens is 552 g/mol. The van der Waals surface area contributed by atoms with Gasteiger partial charge in [-0.1, -0.05) is 19.3 Å². The van der Waals surface area contributed by atoms with Crippen LogP contribution < -0.4 is 11.1 Å². The molecule has 5 N–H and O–H groups in total. The van der Waals surface area contributed by atoms with Crippen molar-refractivity contribution in [2.75, 3.05) is 18.7 Å². The number of nitriles is 1. The number of fused-ring (bicyclic) bond motifs is 1. The first kappa shape index (κ1) is 31.1. The highest BCUT2D eigenvalue weighted by atomic mass is 16.7. The second-order valence-electron chi connectivity index (χ2n) is 11.7. The summed E-state index contributed by atoms with van der Waals surface area (Å²) >= 11 is 0. The number of carbonyl (C=O) groups is 3. The van der Waals surface area contributed by atoms with Crippen molar-refractivity contribution in [3.63, 3.8) is 0 Å². The predicted molar refractivity (Wildman–Crippen MR) is 143 cm³/mol. The van der Waals surface area contributed by atoms with Crippen LogP contribution in [0.25, 0.3) is 5.52 Å². The molecule has 2 aliphatic rings. The van der Waals surface area contributed by atoms with Gasteiger partial charge in [-0.3, -0.25) is 14.9 Å². The van der Waals surface area contributed by atoms with Gasteiger partial charge in [-0.15, -0.1) is 0 Å². The molecule has 2 aromatic heterocycles. The fourth-order valence-corrected chi connectivity index (χ4v) is 5.06. The van der Waals surface area contributed by atoms with Gasteiger partial charge in [0.15, 0.2) is 5.82 Å². The zero-order chi connectivity index (χ0) is 30.7. The molecule has 0 aromatic carbocycles. The summed E-state index contributed by atoms with van der Waals surface area (Å²) < 4.78 is 22.2. The Hall–Kier alpha value is -3.84. The van der Waals surface area contributed by atoms with Crippen LogP contribution in [0.15, 0.2) is 18.5 Å². The molecule has 1 amide bonds. The summed E-state index contributed by atoms with van der Waals surface area (Å²) in [4.78, 5) is 40.7. The van der Waals surface area contributed by atoms with Gasteiger partial charge in [0.1, 0.15) is 42.8 Å². The maximum absolute atomic E-state index is 12.5. The van der Waals surface area contributed by atoms with E-state index in [0.717, 1.165) is 25.6 Å². The van der Waals surface area contributed by atoms with E-state index in [0.29, 0.717) is 12.8 Å². The minimum absolute atomic E-state index is 0.0131. The van der Waals surface area contributed by atoms with E-state index in [1.54, 1.807) is 20.8 Å². The fraction of sp³-hybridized carbons (Fsp3) is 0.630. The van der Waals surface area contributed by atoms with Crippen molar-refractivity contribution in [3.8, 4) is 6.07 Å². The van der Waals surface area contributed by atoms with Crippen LogP contribution in [0.4, 0.5) is 10.6 Å². The number of amides is 1. The summed E-state index contributed by atoms with van der Waals surface area (Å²) in [5, 5.41) is 38.3. The Morgan fingerprint density at radius 1 is 1.19 bits per heavy atom. The summed E-state index contributed by atoms with van der Waals surface area (Å²) in [6.45, 7) is 3.92. The minimum atomic E-state index is -2.10. The summed E-state index contributed by atoms with van der Waals surface area (Å²) in [6.07, 6.45) is -0.0483. The maximum atomic E-state index is 12.5. The number of anilines is 1.